The first-order valence-electron chi connectivity index (χ1n) is 9.37. The Morgan fingerprint density at radius 3 is 2.65 bits per heavy atom. The largest absolute Gasteiger partial charge is 0.329 e. The Balaban J connectivity index is 1.37. The summed E-state index contributed by atoms with van der Waals surface area (Å²) in [4.78, 5) is 43.0. The maximum absolute atomic E-state index is 12.5. The third-order valence-electron chi connectivity index (χ3n) is 4.50. The van der Waals surface area contributed by atoms with Gasteiger partial charge in [-0.1, -0.05) is 60.1 Å². The summed E-state index contributed by atoms with van der Waals surface area (Å²) in [5.74, 6) is -1.06. The zero-order valence-electron chi connectivity index (χ0n) is 16.2. The number of nitrogens with zero attached hydrogens (tertiary/aromatic N) is 2. The quantitative estimate of drug-likeness (QED) is 0.438. The van der Waals surface area contributed by atoms with E-state index in [4.69, 9.17) is 11.6 Å². The number of imide groups is 1. The standard InChI is InChI=1S/C22H17ClN4O3S/c23-17-9-5-4-8-15(17)11-16-12-24-21(31-16)26-19(28)13-27-20(29)18(25-22(27)30)10-14-6-2-1-3-7-14/h1-10,12H,11,13H2,(H,25,30)(H,24,26,28)/b18-10-. The molecule has 0 atom stereocenters. The van der Waals surface area contributed by atoms with Crippen molar-refractivity contribution < 1.29 is 14.4 Å². The highest BCUT2D eigenvalue weighted by atomic mass is 35.5. The monoisotopic (exact) mass is 452 g/mol. The summed E-state index contributed by atoms with van der Waals surface area (Å²) in [7, 11) is 0. The number of urea groups is 1. The molecule has 1 aromatic heterocycles. The number of carbonyl (C=O) groups excluding carboxylic acids is 3. The van der Waals surface area contributed by atoms with Crippen molar-refractivity contribution in [1.29, 1.82) is 0 Å². The van der Waals surface area contributed by atoms with Gasteiger partial charge in [-0.25, -0.2) is 14.7 Å². The fraction of sp³-hybridized carbons (Fsp3) is 0.0909. The number of thiazole rings is 1. The first kappa shape index (κ1) is 20.8. The van der Waals surface area contributed by atoms with Gasteiger partial charge in [0, 0.05) is 22.5 Å². The fourth-order valence-corrected chi connectivity index (χ4v) is 4.06. The van der Waals surface area contributed by atoms with Crippen LogP contribution in [0.1, 0.15) is 16.0 Å². The molecule has 1 fully saturated rings. The average Bonchev–Trinajstić information content (AvgIpc) is 3.29. The average molecular weight is 453 g/mol. The van der Waals surface area contributed by atoms with E-state index in [0.717, 1.165) is 20.9 Å². The van der Waals surface area contributed by atoms with Crippen molar-refractivity contribution in [3.63, 3.8) is 0 Å². The SMILES string of the molecule is O=C(CN1C(=O)N/C(=C\c2ccccc2)C1=O)Nc1ncc(Cc2ccccc2Cl)s1. The predicted molar refractivity (Wildman–Crippen MR) is 120 cm³/mol. The molecule has 0 radical (unpaired) electrons. The van der Waals surface area contributed by atoms with Crippen LogP contribution in [0.3, 0.4) is 0 Å². The molecule has 156 valence electrons. The van der Waals surface area contributed by atoms with Crippen molar-refractivity contribution >= 4 is 52.0 Å². The lowest BCUT2D eigenvalue weighted by Gasteiger charge is -2.10. The van der Waals surface area contributed by atoms with Crippen molar-refractivity contribution in [3.8, 4) is 0 Å². The number of carbonyl (C=O) groups is 3. The predicted octanol–water partition coefficient (Wildman–Crippen LogP) is 3.92. The number of halogens is 1. The lowest BCUT2D eigenvalue weighted by atomic mass is 10.1. The molecular formula is C22H17ClN4O3S. The van der Waals surface area contributed by atoms with Crippen LogP contribution >= 0.6 is 22.9 Å². The van der Waals surface area contributed by atoms with E-state index < -0.39 is 24.4 Å². The van der Waals surface area contributed by atoms with Gasteiger partial charge in [-0.3, -0.25) is 9.59 Å². The van der Waals surface area contributed by atoms with Crippen LogP contribution in [0.15, 0.2) is 66.5 Å². The molecule has 9 heteroatoms. The smallest absolute Gasteiger partial charge is 0.303 e. The van der Waals surface area contributed by atoms with Gasteiger partial charge in [0.15, 0.2) is 5.13 Å². The maximum atomic E-state index is 12.5. The third-order valence-corrected chi connectivity index (χ3v) is 5.78. The number of aromatic nitrogens is 1. The molecule has 1 aliphatic heterocycles. The third kappa shape index (κ3) is 4.99. The second kappa shape index (κ2) is 9.11. The Kier molecular flexibility index (Phi) is 6.11. The fourth-order valence-electron chi connectivity index (χ4n) is 3.01. The van der Waals surface area contributed by atoms with Gasteiger partial charge in [-0.05, 0) is 23.3 Å². The summed E-state index contributed by atoms with van der Waals surface area (Å²) in [5, 5.41) is 6.19. The van der Waals surface area contributed by atoms with Crippen LogP contribution in [-0.4, -0.2) is 34.3 Å². The minimum absolute atomic E-state index is 0.125. The van der Waals surface area contributed by atoms with E-state index in [1.165, 1.54) is 11.3 Å². The van der Waals surface area contributed by atoms with E-state index in [-0.39, 0.29) is 5.70 Å². The Morgan fingerprint density at radius 2 is 1.87 bits per heavy atom. The highest BCUT2D eigenvalue weighted by Gasteiger charge is 2.35. The van der Waals surface area contributed by atoms with Gasteiger partial charge in [-0.2, -0.15) is 0 Å². The van der Waals surface area contributed by atoms with E-state index >= 15 is 0 Å². The first-order chi connectivity index (χ1) is 15.0. The molecule has 0 bridgehead atoms. The van der Waals surface area contributed by atoms with Crippen LogP contribution in [0.2, 0.25) is 5.02 Å². The zero-order valence-corrected chi connectivity index (χ0v) is 17.7. The van der Waals surface area contributed by atoms with Crippen LogP contribution in [-0.2, 0) is 16.0 Å². The Bertz CT molecular complexity index is 1180. The summed E-state index contributed by atoms with van der Waals surface area (Å²) in [5.41, 5.74) is 1.86. The highest BCUT2D eigenvalue weighted by Crippen LogP contribution is 2.24. The van der Waals surface area contributed by atoms with Crippen LogP contribution in [0.4, 0.5) is 9.93 Å². The first-order valence-corrected chi connectivity index (χ1v) is 10.6. The van der Waals surface area contributed by atoms with E-state index in [2.05, 4.69) is 15.6 Å². The van der Waals surface area contributed by atoms with E-state index in [1.807, 2.05) is 54.6 Å². The van der Waals surface area contributed by atoms with Crippen molar-refractivity contribution in [2.75, 3.05) is 11.9 Å². The second-order valence-electron chi connectivity index (χ2n) is 6.74. The molecule has 2 aromatic carbocycles. The van der Waals surface area contributed by atoms with Crippen molar-refractivity contribution in [1.82, 2.24) is 15.2 Å². The van der Waals surface area contributed by atoms with Crippen LogP contribution in [0.5, 0.6) is 0 Å². The normalized spacial score (nSPS) is 14.7. The number of hydrogen-bond acceptors (Lipinski definition) is 5. The molecule has 1 saturated heterocycles. The van der Waals surface area contributed by atoms with Gasteiger partial charge < -0.3 is 10.6 Å². The Hall–Kier alpha value is -3.49. The summed E-state index contributed by atoms with van der Waals surface area (Å²) < 4.78 is 0. The van der Waals surface area contributed by atoms with Gasteiger partial charge in [0.1, 0.15) is 12.2 Å². The lowest BCUT2D eigenvalue weighted by molar-refractivity contribution is -0.127. The minimum atomic E-state index is -0.638. The second-order valence-corrected chi connectivity index (χ2v) is 8.26. The number of anilines is 1. The van der Waals surface area contributed by atoms with Crippen molar-refractivity contribution in [2.45, 2.75) is 6.42 Å². The molecule has 0 saturated carbocycles. The maximum Gasteiger partial charge on any atom is 0.329 e. The van der Waals surface area contributed by atoms with Gasteiger partial charge in [0.2, 0.25) is 5.91 Å². The van der Waals surface area contributed by atoms with E-state index in [1.54, 1.807) is 12.3 Å². The molecule has 0 aliphatic carbocycles. The Morgan fingerprint density at radius 1 is 1.13 bits per heavy atom. The van der Waals surface area contributed by atoms with Crippen molar-refractivity contribution in [3.05, 3.63) is 87.5 Å². The molecule has 0 unspecified atom stereocenters. The van der Waals surface area contributed by atoms with Crippen molar-refractivity contribution in [2.24, 2.45) is 0 Å². The van der Waals surface area contributed by atoms with Crippen LogP contribution < -0.4 is 10.6 Å². The number of benzene rings is 2. The number of amides is 4. The summed E-state index contributed by atoms with van der Waals surface area (Å²) in [6, 6.07) is 16.0. The van der Waals surface area contributed by atoms with E-state index in [0.29, 0.717) is 16.6 Å². The zero-order chi connectivity index (χ0) is 21.8. The molecule has 2 N–H and O–H groups in total. The molecule has 2 heterocycles. The van der Waals surface area contributed by atoms with Gasteiger partial charge >= 0.3 is 6.03 Å². The number of rotatable bonds is 6. The van der Waals surface area contributed by atoms with E-state index in [9.17, 15) is 14.4 Å². The van der Waals surface area contributed by atoms with Crippen LogP contribution in [0.25, 0.3) is 6.08 Å². The van der Waals surface area contributed by atoms with Gasteiger partial charge in [0.05, 0.1) is 0 Å². The molecule has 3 aromatic rings. The summed E-state index contributed by atoms with van der Waals surface area (Å²) >= 11 is 7.49. The van der Waals surface area contributed by atoms with Gasteiger partial charge in [0.25, 0.3) is 5.91 Å². The number of nitrogens with one attached hydrogen (secondary N) is 2. The topological polar surface area (TPSA) is 91.4 Å². The summed E-state index contributed by atoms with van der Waals surface area (Å²) in [6.45, 7) is -0.407. The number of hydrogen-bond donors (Lipinski definition) is 2. The summed E-state index contributed by atoms with van der Waals surface area (Å²) in [6.07, 6.45) is 3.83. The molecule has 7 nitrogen and oxygen atoms in total. The molecule has 4 amide bonds. The molecule has 1 aliphatic rings. The lowest BCUT2D eigenvalue weighted by Crippen LogP contribution is -2.38. The van der Waals surface area contributed by atoms with Crippen LogP contribution in [0, 0.1) is 0 Å². The van der Waals surface area contributed by atoms with Gasteiger partial charge in [-0.15, -0.1) is 11.3 Å². The molecule has 4 rings (SSSR count). The molecule has 31 heavy (non-hydrogen) atoms. The highest BCUT2D eigenvalue weighted by molar-refractivity contribution is 7.15. The molecular weight excluding hydrogens is 436 g/mol. The Labute approximate surface area is 187 Å². The minimum Gasteiger partial charge on any atom is -0.303 e. The molecule has 0 spiro atoms.